The maximum atomic E-state index is 11.8. The van der Waals surface area contributed by atoms with Crippen molar-refractivity contribution in [2.24, 2.45) is 0 Å². The molecule has 0 saturated carbocycles. The summed E-state index contributed by atoms with van der Waals surface area (Å²) < 4.78 is 4.90. The SMILES string of the molecule is COCCCNC(=O)/C(C#N)=C\NCCc1ccccc1C. The molecular formula is C17H23N3O2. The third-order valence-corrected chi connectivity index (χ3v) is 3.22. The molecule has 0 heterocycles. The van der Waals surface area contributed by atoms with Crippen LogP contribution in [0, 0.1) is 18.3 Å². The lowest BCUT2D eigenvalue weighted by atomic mass is 10.1. The molecule has 0 aliphatic carbocycles. The highest BCUT2D eigenvalue weighted by Crippen LogP contribution is 2.06. The zero-order chi connectivity index (χ0) is 16.2. The maximum Gasteiger partial charge on any atom is 0.263 e. The molecule has 118 valence electrons. The van der Waals surface area contributed by atoms with Crippen molar-refractivity contribution in [3.05, 3.63) is 47.2 Å². The topological polar surface area (TPSA) is 74.1 Å². The highest BCUT2D eigenvalue weighted by molar-refractivity contribution is 5.97. The minimum Gasteiger partial charge on any atom is -0.389 e. The van der Waals surface area contributed by atoms with Crippen LogP contribution >= 0.6 is 0 Å². The number of hydrogen-bond donors (Lipinski definition) is 2. The van der Waals surface area contributed by atoms with Crippen LogP contribution in [0.15, 0.2) is 36.0 Å². The second kappa shape index (κ2) is 10.4. The number of rotatable bonds is 9. The van der Waals surface area contributed by atoms with E-state index < -0.39 is 0 Å². The average molecular weight is 301 g/mol. The molecule has 0 aliphatic heterocycles. The Hall–Kier alpha value is -2.32. The highest BCUT2D eigenvalue weighted by atomic mass is 16.5. The zero-order valence-electron chi connectivity index (χ0n) is 13.2. The molecule has 1 aromatic carbocycles. The molecule has 22 heavy (non-hydrogen) atoms. The lowest BCUT2D eigenvalue weighted by Gasteiger charge is -2.06. The van der Waals surface area contributed by atoms with Gasteiger partial charge in [0.2, 0.25) is 0 Å². The molecule has 0 spiro atoms. The maximum absolute atomic E-state index is 11.8. The van der Waals surface area contributed by atoms with Crippen molar-refractivity contribution in [3.63, 3.8) is 0 Å². The summed E-state index contributed by atoms with van der Waals surface area (Å²) in [4.78, 5) is 11.8. The average Bonchev–Trinajstić information content (AvgIpc) is 2.53. The normalized spacial score (nSPS) is 10.9. The molecule has 0 saturated heterocycles. The number of carbonyl (C=O) groups is 1. The van der Waals surface area contributed by atoms with Gasteiger partial charge in [0.15, 0.2) is 0 Å². The molecule has 5 heteroatoms. The Morgan fingerprint density at radius 1 is 1.36 bits per heavy atom. The van der Waals surface area contributed by atoms with Crippen molar-refractivity contribution in [3.8, 4) is 6.07 Å². The summed E-state index contributed by atoms with van der Waals surface area (Å²) in [5, 5.41) is 14.7. The van der Waals surface area contributed by atoms with Crippen LogP contribution in [-0.2, 0) is 16.0 Å². The Balaban J connectivity index is 2.37. The van der Waals surface area contributed by atoms with E-state index in [0.717, 1.165) is 12.8 Å². The lowest BCUT2D eigenvalue weighted by Crippen LogP contribution is -2.27. The summed E-state index contributed by atoms with van der Waals surface area (Å²) in [5.74, 6) is -0.359. The smallest absolute Gasteiger partial charge is 0.263 e. The number of hydrogen-bond acceptors (Lipinski definition) is 4. The van der Waals surface area contributed by atoms with Gasteiger partial charge in [0, 0.05) is 33.0 Å². The predicted molar refractivity (Wildman–Crippen MR) is 86.1 cm³/mol. The van der Waals surface area contributed by atoms with Crippen molar-refractivity contribution in [2.75, 3.05) is 26.8 Å². The van der Waals surface area contributed by atoms with Crippen molar-refractivity contribution >= 4 is 5.91 Å². The Morgan fingerprint density at radius 2 is 2.14 bits per heavy atom. The summed E-state index contributed by atoms with van der Waals surface area (Å²) in [6.07, 6.45) is 3.04. The quantitative estimate of drug-likeness (QED) is 0.413. The van der Waals surface area contributed by atoms with E-state index in [2.05, 4.69) is 29.7 Å². The summed E-state index contributed by atoms with van der Waals surface area (Å²) in [6, 6.07) is 10.1. The first-order valence-electron chi connectivity index (χ1n) is 7.34. The standard InChI is InChI=1S/C17H23N3O2/c1-14-6-3-4-7-15(14)8-10-19-13-16(12-18)17(21)20-9-5-11-22-2/h3-4,6-7,13,19H,5,8-11H2,1-2H3,(H,20,21)/b16-13-. The van der Waals surface area contributed by atoms with E-state index in [1.807, 2.05) is 18.2 Å². The number of aryl methyl sites for hydroxylation is 1. The number of amides is 1. The molecule has 1 aromatic rings. The van der Waals surface area contributed by atoms with Crippen LogP contribution < -0.4 is 10.6 Å². The van der Waals surface area contributed by atoms with Crippen LogP contribution in [0.5, 0.6) is 0 Å². The molecular weight excluding hydrogens is 278 g/mol. The van der Waals surface area contributed by atoms with Crippen molar-refractivity contribution in [2.45, 2.75) is 19.8 Å². The minimum absolute atomic E-state index is 0.0854. The predicted octanol–water partition coefficient (Wildman–Crippen LogP) is 1.69. The lowest BCUT2D eigenvalue weighted by molar-refractivity contribution is -0.117. The van der Waals surface area contributed by atoms with Gasteiger partial charge in [0.25, 0.3) is 5.91 Å². The zero-order valence-corrected chi connectivity index (χ0v) is 13.2. The molecule has 0 bridgehead atoms. The van der Waals surface area contributed by atoms with Gasteiger partial charge in [-0.1, -0.05) is 24.3 Å². The Kier molecular flexibility index (Phi) is 8.39. The van der Waals surface area contributed by atoms with Crippen LogP contribution in [0.2, 0.25) is 0 Å². The fourth-order valence-electron chi connectivity index (χ4n) is 1.93. The van der Waals surface area contributed by atoms with Gasteiger partial charge in [-0.3, -0.25) is 4.79 Å². The largest absolute Gasteiger partial charge is 0.389 e. The Morgan fingerprint density at radius 3 is 2.82 bits per heavy atom. The molecule has 0 fully saturated rings. The molecule has 2 N–H and O–H groups in total. The van der Waals surface area contributed by atoms with E-state index in [4.69, 9.17) is 10.00 Å². The second-order valence-corrected chi connectivity index (χ2v) is 4.90. The van der Waals surface area contributed by atoms with E-state index in [-0.39, 0.29) is 11.5 Å². The third kappa shape index (κ3) is 6.42. The van der Waals surface area contributed by atoms with E-state index in [9.17, 15) is 4.79 Å². The van der Waals surface area contributed by atoms with E-state index >= 15 is 0 Å². The summed E-state index contributed by atoms with van der Waals surface area (Å²) in [7, 11) is 1.61. The van der Waals surface area contributed by atoms with Gasteiger partial charge in [-0.2, -0.15) is 5.26 Å². The minimum atomic E-state index is -0.359. The molecule has 0 radical (unpaired) electrons. The fourth-order valence-corrected chi connectivity index (χ4v) is 1.93. The number of benzene rings is 1. The number of nitriles is 1. The van der Waals surface area contributed by atoms with Gasteiger partial charge in [-0.15, -0.1) is 0 Å². The molecule has 5 nitrogen and oxygen atoms in total. The van der Waals surface area contributed by atoms with Crippen LogP contribution in [0.25, 0.3) is 0 Å². The van der Waals surface area contributed by atoms with E-state index in [0.29, 0.717) is 19.7 Å². The van der Waals surface area contributed by atoms with Gasteiger partial charge in [0.1, 0.15) is 11.6 Å². The number of methoxy groups -OCH3 is 1. The van der Waals surface area contributed by atoms with Gasteiger partial charge >= 0.3 is 0 Å². The van der Waals surface area contributed by atoms with Gasteiger partial charge < -0.3 is 15.4 Å². The monoisotopic (exact) mass is 301 g/mol. The Bertz CT molecular complexity index is 547. The van der Waals surface area contributed by atoms with Gasteiger partial charge in [-0.05, 0) is 30.9 Å². The molecule has 0 aliphatic rings. The first-order valence-corrected chi connectivity index (χ1v) is 7.34. The number of ether oxygens (including phenoxy) is 1. The molecule has 0 unspecified atom stereocenters. The van der Waals surface area contributed by atoms with Crippen LogP contribution in [0.3, 0.4) is 0 Å². The van der Waals surface area contributed by atoms with Crippen LogP contribution in [0.4, 0.5) is 0 Å². The second-order valence-electron chi connectivity index (χ2n) is 4.90. The van der Waals surface area contributed by atoms with E-state index in [1.54, 1.807) is 7.11 Å². The van der Waals surface area contributed by atoms with Gasteiger partial charge in [0.05, 0.1) is 0 Å². The first kappa shape index (κ1) is 17.7. The van der Waals surface area contributed by atoms with Crippen molar-refractivity contribution in [1.82, 2.24) is 10.6 Å². The number of nitrogens with one attached hydrogen (secondary N) is 2. The summed E-state index contributed by atoms with van der Waals surface area (Å²) in [5.41, 5.74) is 2.58. The van der Waals surface area contributed by atoms with Gasteiger partial charge in [-0.25, -0.2) is 0 Å². The Labute approximate surface area is 132 Å². The molecule has 0 aromatic heterocycles. The third-order valence-electron chi connectivity index (χ3n) is 3.22. The van der Waals surface area contributed by atoms with Crippen molar-refractivity contribution < 1.29 is 9.53 Å². The van der Waals surface area contributed by atoms with Crippen LogP contribution in [0.1, 0.15) is 17.5 Å². The van der Waals surface area contributed by atoms with Crippen molar-refractivity contribution in [1.29, 1.82) is 5.26 Å². The van der Waals surface area contributed by atoms with E-state index in [1.165, 1.54) is 17.3 Å². The first-order chi connectivity index (χ1) is 10.7. The molecule has 1 amide bonds. The highest BCUT2D eigenvalue weighted by Gasteiger charge is 2.07. The number of carbonyl (C=O) groups excluding carboxylic acids is 1. The number of nitrogens with zero attached hydrogens (tertiary/aromatic N) is 1. The fraction of sp³-hybridized carbons (Fsp3) is 0.412. The summed E-state index contributed by atoms with van der Waals surface area (Å²) >= 11 is 0. The summed E-state index contributed by atoms with van der Waals surface area (Å²) in [6.45, 7) is 3.82. The molecule has 1 rings (SSSR count). The molecule has 0 atom stereocenters. The van der Waals surface area contributed by atoms with Crippen LogP contribution in [-0.4, -0.2) is 32.7 Å².